The van der Waals surface area contributed by atoms with Gasteiger partial charge in [0.15, 0.2) is 4.90 Å². The summed E-state index contributed by atoms with van der Waals surface area (Å²) in [6.45, 7) is -0.298. The molecule has 176 valence electrons. The molecule has 1 saturated heterocycles. The third kappa shape index (κ3) is 5.14. The second-order valence-corrected chi connectivity index (χ2v) is 10.1. The summed E-state index contributed by atoms with van der Waals surface area (Å²) in [5, 5.41) is 11.4. The lowest BCUT2D eigenvalue weighted by Crippen LogP contribution is -2.40. The van der Waals surface area contributed by atoms with E-state index in [1.165, 1.54) is 23.1 Å². The van der Waals surface area contributed by atoms with Crippen molar-refractivity contribution >= 4 is 21.8 Å². The number of rotatable bonds is 8. The molecule has 33 heavy (non-hydrogen) atoms. The Morgan fingerprint density at radius 3 is 2.45 bits per heavy atom. The summed E-state index contributed by atoms with van der Waals surface area (Å²) in [6.07, 6.45) is -0.890. The molecule has 2 aromatic rings. The second kappa shape index (κ2) is 9.44. The Morgan fingerprint density at radius 2 is 1.79 bits per heavy atom. The molecule has 0 N–H and O–H groups in total. The van der Waals surface area contributed by atoms with Gasteiger partial charge in [0.2, 0.25) is 10.0 Å². The smallest absolute Gasteiger partial charge is 0.410 e. The predicted molar refractivity (Wildman–Crippen MR) is 117 cm³/mol. The molecule has 1 aliphatic carbocycles. The Morgan fingerprint density at radius 1 is 1.12 bits per heavy atom. The van der Waals surface area contributed by atoms with Crippen LogP contribution in [0.5, 0.6) is 0 Å². The number of amides is 1. The quantitative estimate of drug-likeness (QED) is 0.426. The number of alkyl halides is 1. The SMILES string of the molecule is O=C(OCc1ccccc1)N1C[C@@H](CN(C2CC2)S(=O)(=O)c2ccccc2[N+](=O)[O-])[C@@H](F)C1. The number of benzene rings is 2. The highest BCUT2D eigenvalue weighted by molar-refractivity contribution is 7.89. The summed E-state index contributed by atoms with van der Waals surface area (Å²) in [4.78, 5) is 23.9. The van der Waals surface area contributed by atoms with E-state index in [1.807, 2.05) is 18.2 Å². The zero-order valence-electron chi connectivity index (χ0n) is 17.7. The molecule has 2 aromatic carbocycles. The van der Waals surface area contributed by atoms with Gasteiger partial charge in [0, 0.05) is 31.1 Å². The first-order valence-corrected chi connectivity index (χ1v) is 12.1. The fourth-order valence-corrected chi connectivity index (χ4v) is 5.85. The van der Waals surface area contributed by atoms with E-state index in [0.717, 1.165) is 15.9 Å². The molecule has 1 saturated carbocycles. The molecule has 0 bridgehead atoms. The molecule has 11 heteroatoms. The van der Waals surface area contributed by atoms with Crippen molar-refractivity contribution in [2.75, 3.05) is 19.6 Å². The molecule has 2 fully saturated rings. The lowest BCUT2D eigenvalue weighted by molar-refractivity contribution is -0.387. The molecule has 1 amide bonds. The Bertz CT molecular complexity index is 1130. The maximum Gasteiger partial charge on any atom is 0.410 e. The van der Waals surface area contributed by atoms with Gasteiger partial charge in [-0.3, -0.25) is 10.1 Å². The molecular weight excluding hydrogens is 453 g/mol. The van der Waals surface area contributed by atoms with E-state index in [1.54, 1.807) is 12.1 Å². The summed E-state index contributed by atoms with van der Waals surface area (Å²) in [6, 6.07) is 13.9. The highest BCUT2D eigenvalue weighted by Crippen LogP contribution is 2.37. The zero-order chi connectivity index (χ0) is 23.6. The number of hydrogen-bond acceptors (Lipinski definition) is 6. The van der Waals surface area contributed by atoms with E-state index in [-0.39, 0.29) is 32.3 Å². The number of carbonyl (C=O) groups is 1. The van der Waals surface area contributed by atoms with Gasteiger partial charge in [-0.05, 0) is 24.5 Å². The van der Waals surface area contributed by atoms with Crippen molar-refractivity contribution in [1.82, 2.24) is 9.21 Å². The molecule has 0 radical (unpaired) electrons. The molecule has 4 rings (SSSR count). The highest BCUT2D eigenvalue weighted by atomic mass is 32.2. The third-order valence-corrected chi connectivity index (χ3v) is 7.81. The number of halogens is 1. The van der Waals surface area contributed by atoms with Crippen LogP contribution < -0.4 is 0 Å². The molecule has 2 atom stereocenters. The minimum Gasteiger partial charge on any atom is -0.445 e. The summed E-state index contributed by atoms with van der Waals surface area (Å²) in [5.41, 5.74) is 0.284. The molecule has 1 heterocycles. The number of ether oxygens (including phenoxy) is 1. The first-order valence-electron chi connectivity index (χ1n) is 10.6. The van der Waals surface area contributed by atoms with Crippen LogP contribution in [-0.2, 0) is 21.4 Å². The van der Waals surface area contributed by atoms with E-state index in [4.69, 9.17) is 4.74 Å². The Kier molecular flexibility index (Phi) is 6.61. The van der Waals surface area contributed by atoms with E-state index in [0.29, 0.717) is 12.8 Å². The Balaban J connectivity index is 1.45. The maximum atomic E-state index is 14.8. The summed E-state index contributed by atoms with van der Waals surface area (Å²) in [5.74, 6) is -0.757. The predicted octanol–water partition coefficient (Wildman–Crippen LogP) is 3.35. The second-order valence-electron chi connectivity index (χ2n) is 8.25. The van der Waals surface area contributed by atoms with Gasteiger partial charge in [-0.15, -0.1) is 0 Å². The summed E-state index contributed by atoms with van der Waals surface area (Å²) < 4.78 is 47.9. The number of para-hydroxylation sites is 1. The number of carbonyl (C=O) groups excluding carboxylic acids is 1. The van der Waals surface area contributed by atoms with Crippen LogP contribution in [0.3, 0.4) is 0 Å². The van der Waals surface area contributed by atoms with Gasteiger partial charge in [-0.25, -0.2) is 17.6 Å². The standard InChI is InChI=1S/C22H24FN3O6S/c23-19-14-24(22(27)32-15-16-6-2-1-3-7-16)12-17(19)13-25(18-10-11-18)33(30,31)21-9-5-4-8-20(21)26(28)29/h1-9,17-19H,10-15H2/t17-,19-/m0/s1. The van der Waals surface area contributed by atoms with E-state index in [2.05, 4.69) is 0 Å². The number of hydrogen-bond donors (Lipinski definition) is 0. The topological polar surface area (TPSA) is 110 Å². The Labute approximate surface area is 191 Å². The summed E-state index contributed by atoms with van der Waals surface area (Å²) >= 11 is 0. The number of likely N-dealkylation sites (tertiary alicyclic amines) is 1. The molecule has 0 spiro atoms. The van der Waals surface area contributed by atoms with Crippen LogP contribution >= 0.6 is 0 Å². The largest absolute Gasteiger partial charge is 0.445 e. The van der Waals surface area contributed by atoms with Gasteiger partial charge in [0.25, 0.3) is 5.69 Å². The van der Waals surface area contributed by atoms with Crippen molar-refractivity contribution in [3.8, 4) is 0 Å². The third-order valence-electron chi connectivity index (χ3n) is 5.84. The number of sulfonamides is 1. The highest BCUT2D eigenvalue weighted by Gasteiger charge is 2.45. The van der Waals surface area contributed by atoms with Crippen molar-refractivity contribution in [2.24, 2.45) is 5.92 Å². The van der Waals surface area contributed by atoms with E-state index >= 15 is 0 Å². The van der Waals surface area contributed by atoms with Crippen molar-refractivity contribution in [1.29, 1.82) is 0 Å². The molecule has 2 aliphatic rings. The normalized spacial score (nSPS) is 20.7. The van der Waals surface area contributed by atoms with Gasteiger partial charge in [0.1, 0.15) is 12.8 Å². The molecule has 9 nitrogen and oxygen atoms in total. The average Bonchev–Trinajstić information content (AvgIpc) is 3.58. The van der Waals surface area contributed by atoms with Crippen molar-refractivity contribution in [3.05, 3.63) is 70.3 Å². The summed E-state index contributed by atoms with van der Waals surface area (Å²) in [7, 11) is -4.22. The van der Waals surface area contributed by atoms with Gasteiger partial charge in [-0.2, -0.15) is 4.31 Å². The minimum absolute atomic E-state index is 0.00438. The van der Waals surface area contributed by atoms with Crippen LogP contribution in [0.1, 0.15) is 18.4 Å². The van der Waals surface area contributed by atoms with E-state index in [9.17, 15) is 27.7 Å². The fourth-order valence-electron chi connectivity index (χ4n) is 3.95. The van der Waals surface area contributed by atoms with Crippen molar-refractivity contribution in [3.63, 3.8) is 0 Å². The Hall–Kier alpha value is -3.05. The van der Waals surface area contributed by atoms with Gasteiger partial charge in [-0.1, -0.05) is 42.5 Å². The number of nitro groups is 1. The number of nitro benzene ring substituents is 1. The lowest BCUT2D eigenvalue weighted by atomic mass is 10.1. The van der Waals surface area contributed by atoms with Gasteiger partial charge >= 0.3 is 6.09 Å². The van der Waals surface area contributed by atoms with Gasteiger partial charge < -0.3 is 9.64 Å². The first kappa shape index (κ1) is 23.1. The number of nitrogens with zero attached hydrogens (tertiary/aromatic N) is 3. The lowest BCUT2D eigenvalue weighted by Gasteiger charge is -2.25. The maximum absolute atomic E-state index is 14.8. The fraction of sp³-hybridized carbons (Fsp3) is 0.409. The van der Waals surface area contributed by atoms with Crippen molar-refractivity contribution < 1.29 is 27.3 Å². The minimum atomic E-state index is -4.22. The molecule has 1 aliphatic heterocycles. The molecular formula is C22H24FN3O6S. The zero-order valence-corrected chi connectivity index (χ0v) is 18.6. The van der Waals surface area contributed by atoms with Crippen molar-refractivity contribution in [2.45, 2.75) is 36.6 Å². The van der Waals surface area contributed by atoms with Crippen LogP contribution in [0.2, 0.25) is 0 Å². The molecule has 0 unspecified atom stereocenters. The van der Waals surface area contributed by atoms with Crippen LogP contribution in [0, 0.1) is 16.0 Å². The van der Waals surface area contributed by atoms with Crippen LogP contribution in [0.4, 0.5) is 14.9 Å². The van der Waals surface area contributed by atoms with Crippen LogP contribution in [0.15, 0.2) is 59.5 Å². The van der Waals surface area contributed by atoms with Crippen LogP contribution in [0.25, 0.3) is 0 Å². The average molecular weight is 478 g/mol. The van der Waals surface area contributed by atoms with Gasteiger partial charge in [0.05, 0.1) is 11.5 Å². The first-order chi connectivity index (χ1) is 15.8. The molecule has 0 aromatic heterocycles. The monoisotopic (exact) mass is 477 g/mol. The van der Waals surface area contributed by atoms with Crippen LogP contribution in [-0.4, -0.2) is 60.5 Å². The van der Waals surface area contributed by atoms with E-state index < -0.39 is 43.7 Å².